The van der Waals surface area contributed by atoms with Crippen molar-refractivity contribution in [1.29, 1.82) is 0 Å². The molecule has 0 fully saturated rings. The van der Waals surface area contributed by atoms with Crippen LogP contribution in [0, 0.1) is 0 Å². The Kier molecular flexibility index (Phi) is 3.72. The van der Waals surface area contributed by atoms with Gasteiger partial charge in [-0.2, -0.15) is 0 Å². The van der Waals surface area contributed by atoms with Gasteiger partial charge in [0.2, 0.25) is 5.91 Å². The van der Waals surface area contributed by atoms with Gasteiger partial charge in [-0.3, -0.25) is 4.79 Å². The molecule has 2 aromatic rings. The summed E-state index contributed by atoms with van der Waals surface area (Å²) in [5, 5.41) is 2.59. The molecule has 6 heteroatoms. The van der Waals surface area contributed by atoms with Crippen molar-refractivity contribution in [3.05, 3.63) is 24.0 Å². The summed E-state index contributed by atoms with van der Waals surface area (Å²) < 4.78 is 6.97. The second-order valence-electron chi connectivity index (χ2n) is 3.78. The Morgan fingerprint density at radius 2 is 2.33 bits per heavy atom. The molecular formula is C12H14ClN3O2. The minimum atomic E-state index is -0.0940. The first-order valence-corrected chi connectivity index (χ1v) is 6.02. The van der Waals surface area contributed by atoms with Crippen molar-refractivity contribution >= 4 is 28.5 Å². The minimum Gasteiger partial charge on any atom is -0.497 e. The summed E-state index contributed by atoms with van der Waals surface area (Å²) >= 11 is 5.86. The van der Waals surface area contributed by atoms with Gasteiger partial charge in [0.1, 0.15) is 18.1 Å². The smallest absolute Gasteiger partial charge is 0.239 e. The summed E-state index contributed by atoms with van der Waals surface area (Å²) in [6.07, 6.45) is 0. The number of ether oxygens (including phenoxy) is 1. The maximum Gasteiger partial charge on any atom is 0.239 e. The number of carbonyl (C=O) groups is 1. The molecule has 0 radical (unpaired) electrons. The summed E-state index contributed by atoms with van der Waals surface area (Å²) in [4.78, 5) is 15.9. The summed E-state index contributed by atoms with van der Waals surface area (Å²) in [6.45, 7) is 0.197. The SMILES string of the molecule is CNC(=O)Cn1c(CCl)nc2ccc(OC)cc21. The Bertz CT molecular complexity index is 580. The molecule has 96 valence electrons. The van der Waals surface area contributed by atoms with Crippen LogP contribution in [0.4, 0.5) is 0 Å². The lowest BCUT2D eigenvalue weighted by molar-refractivity contribution is -0.121. The average Bonchev–Trinajstić information content (AvgIpc) is 2.75. The largest absolute Gasteiger partial charge is 0.497 e. The van der Waals surface area contributed by atoms with E-state index in [0.717, 1.165) is 16.8 Å². The van der Waals surface area contributed by atoms with E-state index < -0.39 is 0 Å². The van der Waals surface area contributed by atoms with Crippen LogP contribution in [-0.4, -0.2) is 29.6 Å². The number of aromatic nitrogens is 2. The number of amides is 1. The number of halogens is 1. The fourth-order valence-electron chi connectivity index (χ4n) is 1.78. The average molecular weight is 268 g/mol. The van der Waals surface area contributed by atoms with Gasteiger partial charge in [0.25, 0.3) is 0 Å². The van der Waals surface area contributed by atoms with Crippen molar-refractivity contribution in [3.8, 4) is 5.75 Å². The van der Waals surface area contributed by atoms with E-state index in [-0.39, 0.29) is 18.3 Å². The van der Waals surface area contributed by atoms with Gasteiger partial charge in [0.05, 0.1) is 24.0 Å². The van der Waals surface area contributed by atoms with Crippen molar-refractivity contribution in [2.24, 2.45) is 0 Å². The van der Waals surface area contributed by atoms with Gasteiger partial charge >= 0.3 is 0 Å². The van der Waals surface area contributed by atoms with E-state index in [0.29, 0.717) is 5.82 Å². The number of methoxy groups -OCH3 is 1. The first-order chi connectivity index (χ1) is 8.69. The molecule has 1 aromatic heterocycles. The van der Waals surface area contributed by atoms with Gasteiger partial charge < -0.3 is 14.6 Å². The van der Waals surface area contributed by atoms with Crippen molar-refractivity contribution in [1.82, 2.24) is 14.9 Å². The second-order valence-corrected chi connectivity index (χ2v) is 4.04. The molecule has 0 bridgehead atoms. The van der Waals surface area contributed by atoms with Crippen LogP contribution in [0.1, 0.15) is 5.82 Å². The number of likely N-dealkylation sites (N-methyl/N-ethyl adjacent to an activating group) is 1. The highest BCUT2D eigenvalue weighted by Gasteiger charge is 2.13. The molecule has 5 nitrogen and oxygen atoms in total. The summed E-state index contributed by atoms with van der Waals surface area (Å²) in [5.74, 6) is 1.56. The fourth-order valence-corrected chi connectivity index (χ4v) is 1.98. The molecule has 1 N–H and O–H groups in total. The maximum atomic E-state index is 11.5. The standard InChI is InChI=1S/C12H14ClN3O2/c1-14-12(17)7-16-10-5-8(18-2)3-4-9(10)15-11(16)6-13/h3-5H,6-7H2,1-2H3,(H,14,17). The highest BCUT2D eigenvalue weighted by atomic mass is 35.5. The van der Waals surface area contributed by atoms with E-state index in [1.807, 2.05) is 18.2 Å². The number of rotatable bonds is 4. The van der Waals surface area contributed by atoms with Crippen molar-refractivity contribution in [3.63, 3.8) is 0 Å². The van der Waals surface area contributed by atoms with Crippen molar-refractivity contribution in [2.45, 2.75) is 12.4 Å². The lowest BCUT2D eigenvalue weighted by Gasteiger charge is -2.07. The molecule has 0 unspecified atom stereocenters. The minimum absolute atomic E-state index is 0.0940. The molecule has 18 heavy (non-hydrogen) atoms. The Balaban J connectivity index is 2.55. The third-order valence-electron chi connectivity index (χ3n) is 2.73. The van der Waals surface area contributed by atoms with E-state index in [4.69, 9.17) is 16.3 Å². The van der Waals surface area contributed by atoms with Crippen LogP contribution in [0.5, 0.6) is 5.75 Å². The topological polar surface area (TPSA) is 56.2 Å². The fraction of sp³-hybridized carbons (Fsp3) is 0.333. The molecule has 0 aliphatic rings. The number of alkyl halides is 1. The Labute approximate surface area is 110 Å². The molecule has 2 rings (SSSR count). The normalized spacial score (nSPS) is 10.6. The van der Waals surface area contributed by atoms with Gasteiger partial charge in [-0.15, -0.1) is 11.6 Å². The van der Waals surface area contributed by atoms with Crippen molar-refractivity contribution < 1.29 is 9.53 Å². The zero-order valence-electron chi connectivity index (χ0n) is 10.2. The molecule has 0 saturated heterocycles. The zero-order chi connectivity index (χ0) is 13.1. The van der Waals surface area contributed by atoms with E-state index >= 15 is 0 Å². The predicted molar refractivity (Wildman–Crippen MR) is 69.9 cm³/mol. The van der Waals surface area contributed by atoms with E-state index in [9.17, 15) is 4.79 Å². The van der Waals surface area contributed by atoms with Gasteiger partial charge in [-0.05, 0) is 12.1 Å². The van der Waals surface area contributed by atoms with Crippen LogP contribution in [0.25, 0.3) is 11.0 Å². The molecule has 0 atom stereocenters. The lowest BCUT2D eigenvalue weighted by Crippen LogP contribution is -2.24. The number of carbonyl (C=O) groups excluding carboxylic acids is 1. The second kappa shape index (κ2) is 5.27. The number of fused-ring (bicyclic) bond motifs is 1. The van der Waals surface area contributed by atoms with E-state index in [2.05, 4.69) is 10.3 Å². The number of nitrogens with zero attached hydrogens (tertiary/aromatic N) is 2. The first kappa shape index (κ1) is 12.7. The molecule has 1 aromatic carbocycles. The zero-order valence-corrected chi connectivity index (χ0v) is 11.0. The molecule has 0 saturated carbocycles. The highest BCUT2D eigenvalue weighted by Crippen LogP contribution is 2.22. The van der Waals surface area contributed by atoms with E-state index in [1.54, 1.807) is 18.7 Å². The summed E-state index contributed by atoms with van der Waals surface area (Å²) in [7, 11) is 3.20. The van der Waals surface area contributed by atoms with Crippen molar-refractivity contribution in [2.75, 3.05) is 14.2 Å². The molecule has 0 spiro atoms. The van der Waals surface area contributed by atoms with Gasteiger partial charge in [-0.1, -0.05) is 0 Å². The van der Waals surface area contributed by atoms with E-state index in [1.165, 1.54) is 0 Å². The Morgan fingerprint density at radius 1 is 1.56 bits per heavy atom. The Morgan fingerprint density at radius 3 is 2.94 bits per heavy atom. The molecular weight excluding hydrogens is 254 g/mol. The predicted octanol–water partition coefficient (Wildman–Crippen LogP) is 1.53. The monoisotopic (exact) mass is 267 g/mol. The van der Waals surface area contributed by atoms with Gasteiger partial charge in [0, 0.05) is 13.1 Å². The number of imidazole rings is 1. The number of hydrogen-bond donors (Lipinski definition) is 1. The van der Waals surface area contributed by atoms with Gasteiger partial charge in [0.15, 0.2) is 0 Å². The van der Waals surface area contributed by atoms with Crippen LogP contribution in [0.15, 0.2) is 18.2 Å². The summed E-state index contributed by atoms with van der Waals surface area (Å²) in [5.41, 5.74) is 1.64. The highest BCUT2D eigenvalue weighted by molar-refractivity contribution is 6.16. The first-order valence-electron chi connectivity index (χ1n) is 5.49. The number of hydrogen-bond acceptors (Lipinski definition) is 3. The summed E-state index contributed by atoms with van der Waals surface area (Å²) in [6, 6.07) is 5.53. The quantitative estimate of drug-likeness (QED) is 0.855. The Hall–Kier alpha value is -1.75. The van der Waals surface area contributed by atoms with Crippen LogP contribution in [0.3, 0.4) is 0 Å². The van der Waals surface area contributed by atoms with Crippen LogP contribution in [0.2, 0.25) is 0 Å². The number of nitrogens with one attached hydrogen (secondary N) is 1. The van der Waals surface area contributed by atoms with Gasteiger partial charge in [-0.25, -0.2) is 4.98 Å². The third kappa shape index (κ3) is 2.26. The molecule has 0 aliphatic heterocycles. The maximum absolute atomic E-state index is 11.5. The number of benzene rings is 1. The van der Waals surface area contributed by atoms with Crippen LogP contribution < -0.4 is 10.1 Å². The molecule has 1 amide bonds. The third-order valence-corrected chi connectivity index (χ3v) is 2.97. The molecule has 1 heterocycles. The van der Waals surface area contributed by atoms with Crippen LogP contribution >= 0.6 is 11.6 Å². The van der Waals surface area contributed by atoms with Crippen LogP contribution in [-0.2, 0) is 17.2 Å². The molecule has 0 aliphatic carbocycles. The lowest BCUT2D eigenvalue weighted by atomic mass is 10.3.